The molecule has 8 heteroatoms. The maximum atomic E-state index is 13.1. The van der Waals surface area contributed by atoms with Crippen LogP contribution in [0.4, 0.5) is 10.1 Å². The van der Waals surface area contributed by atoms with Crippen LogP contribution >= 0.6 is 35.3 Å². The van der Waals surface area contributed by atoms with Gasteiger partial charge in [0.15, 0.2) is 5.96 Å². The van der Waals surface area contributed by atoms with Gasteiger partial charge in [-0.05, 0) is 38.1 Å². The maximum absolute atomic E-state index is 13.1. The molecule has 3 rings (SSSR count). The van der Waals surface area contributed by atoms with Crippen molar-refractivity contribution in [2.45, 2.75) is 20.4 Å². The number of aryl methyl sites for hydroxylation is 2. The lowest BCUT2D eigenvalue weighted by atomic mass is 10.2. The highest BCUT2D eigenvalue weighted by molar-refractivity contribution is 14.0. The molecule has 0 spiro atoms. The molecule has 0 bridgehead atoms. The summed E-state index contributed by atoms with van der Waals surface area (Å²) >= 11 is 1.73. The first-order valence-corrected chi connectivity index (χ1v) is 9.27. The molecule has 142 valence electrons. The van der Waals surface area contributed by atoms with Gasteiger partial charge in [0.2, 0.25) is 0 Å². The Hall–Kier alpha value is -1.42. The highest BCUT2D eigenvalue weighted by atomic mass is 127. The largest absolute Gasteiger partial charge is 0.368 e. The topological polar surface area (TPSA) is 43.8 Å². The summed E-state index contributed by atoms with van der Waals surface area (Å²) in [4.78, 5) is 14.7. The molecule has 1 aliphatic rings. The molecule has 1 aliphatic heterocycles. The first-order chi connectivity index (χ1) is 12.1. The van der Waals surface area contributed by atoms with Gasteiger partial charge in [0.05, 0.1) is 17.2 Å². The number of nitrogens with zero attached hydrogens (tertiary/aromatic N) is 4. The van der Waals surface area contributed by atoms with Crippen molar-refractivity contribution in [2.75, 3.05) is 38.1 Å². The second-order valence-corrected chi connectivity index (χ2v) is 7.38. The number of piperazine rings is 1. The number of rotatable bonds is 3. The molecule has 0 saturated carbocycles. The van der Waals surface area contributed by atoms with Gasteiger partial charge in [-0.2, -0.15) is 0 Å². The Kier molecular flexibility index (Phi) is 7.63. The van der Waals surface area contributed by atoms with E-state index in [0.717, 1.165) is 55.1 Å². The Bertz CT molecular complexity index is 739. The summed E-state index contributed by atoms with van der Waals surface area (Å²) in [6.07, 6.45) is 0. The summed E-state index contributed by atoms with van der Waals surface area (Å²) in [5.74, 6) is 0.727. The van der Waals surface area contributed by atoms with E-state index in [2.05, 4.69) is 25.1 Å². The van der Waals surface area contributed by atoms with E-state index in [9.17, 15) is 4.39 Å². The minimum absolute atomic E-state index is 0. The molecule has 1 saturated heterocycles. The first kappa shape index (κ1) is 20.9. The van der Waals surface area contributed by atoms with Gasteiger partial charge in [-0.1, -0.05) is 0 Å². The van der Waals surface area contributed by atoms with Crippen molar-refractivity contribution >= 4 is 47.0 Å². The van der Waals surface area contributed by atoms with Crippen molar-refractivity contribution in [3.05, 3.63) is 45.7 Å². The average molecular weight is 489 g/mol. The van der Waals surface area contributed by atoms with Gasteiger partial charge in [0.25, 0.3) is 0 Å². The highest BCUT2D eigenvalue weighted by Crippen LogP contribution is 2.18. The third-order valence-electron chi connectivity index (χ3n) is 4.39. The number of thiazole rings is 1. The number of nitrogens with one attached hydrogen (secondary N) is 1. The summed E-state index contributed by atoms with van der Waals surface area (Å²) in [6.45, 7) is 8.39. The van der Waals surface area contributed by atoms with Crippen molar-refractivity contribution < 1.29 is 4.39 Å². The number of aliphatic imine (C=N–C) groups is 1. The van der Waals surface area contributed by atoms with Gasteiger partial charge in [0.1, 0.15) is 5.82 Å². The predicted octanol–water partition coefficient (Wildman–Crippen LogP) is 3.41. The Labute approximate surface area is 175 Å². The molecule has 2 aromatic rings. The molecule has 1 N–H and O–H groups in total. The number of guanidine groups is 1. The normalized spacial score (nSPS) is 15.0. The zero-order chi connectivity index (χ0) is 17.8. The van der Waals surface area contributed by atoms with E-state index < -0.39 is 0 Å². The standard InChI is InChI=1S/C18H24FN5S.HI/c1-13-17(25-14(2)22-13)12-21-18(20-3)24-10-8-23(9-11-24)16-6-4-15(19)5-7-16;/h4-7H,8-12H2,1-3H3,(H,20,21);1H. The van der Waals surface area contributed by atoms with Gasteiger partial charge in [-0.25, -0.2) is 9.37 Å². The van der Waals surface area contributed by atoms with Crippen molar-refractivity contribution in [1.29, 1.82) is 0 Å². The molecule has 26 heavy (non-hydrogen) atoms. The number of benzene rings is 1. The molecular formula is C18H25FIN5S. The van der Waals surface area contributed by atoms with Crippen LogP contribution in [0.15, 0.2) is 29.3 Å². The molecule has 1 fully saturated rings. The Morgan fingerprint density at radius 2 is 1.85 bits per heavy atom. The van der Waals surface area contributed by atoms with Crippen molar-refractivity contribution in [1.82, 2.24) is 15.2 Å². The lowest BCUT2D eigenvalue weighted by molar-refractivity contribution is 0.372. The zero-order valence-corrected chi connectivity index (χ0v) is 18.5. The number of aromatic nitrogens is 1. The van der Waals surface area contributed by atoms with Crippen LogP contribution in [-0.2, 0) is 6.54 Å². The minimum Gasteiger partial charge on any atom is -0.368 e. The Morgan fingerprint density at radius 3 is 2.38 bits per heavy atom. The van der Waals surface area contributed by atoms with Crippen molar-refractivity contribution in [2.24, 2.45) is 4.99 Å². The number of halogens is 2. The van der Waals surface area contributed by atoms with Crippen LogP contribution in [0.2, 0.25) is 0 Å². The van der Waals surface area contributed by atoms with Crippen LogP contribution in [0.1, 0.15) is 15.6 Å². The molecule has 0 atom stereocenters. The summed E-state index contributed by atoms with van der Waals surface area (Å²) in [5, 5.41) is 4.54. The van der Waals surface area contributed by atoms with E-state index in [1.165, 1.54) is 17.0 Å². The molecular weight excluding hydrogens is 464 g/mol. The van der Waals surface area contributed by atoms with E-state index in [1.807, 2.05) is 33.0 Å². The summed E-state index contributed by atoms with van der Waals surface area (Å²) in [6, 6.07) is 6.71. The van der Waals surface area contributed by atoms with Crippen LogP contribution in [0.3, 0.4) is 0 Å². The van der Waals surface area contributed by atoms with Crippen molar-refractivity contribution in [3.63, 3.8) is 0 Å². The summed E-state index contributed by atoms with van der Waals surface area (Å²) < 4.78 is 13.1. The highest BCUT2D eigenvalue weighted by Gasteiger charge is 2.20. The third-order valence-corrected chi connectivity index (χ3v) is 5.46. The fraction of sp³-hybridized carbons (Fsp3) is 0.444. The van der Waals surface area contributed by atoms with Gasteiger partial charge in [0, 0.05) is 43.8 Å². The molecule has 1 aromatic carbocycles. The van der Waals surface area contributed by atoms with Crippen LogP contribution in [0.25, 0.3) is 0 Å². The summed E-state index contributed by atoms with van der Waals surface area (Å²) in [5.41, 5.74) is 2.16. The molecule has 5 nitrogen and oxygen atoms in total. The fourth-order valence-corrected chi connectivity index (χ4v) is 3.93. The predicted molar refractivity (Wildman–Crippen MR) is 117 cm³/mol. The fourth-order valence-electron chi connectivity index (χ4n) is 3.06. The smallest absolute Gasteiger partial charge is 0.194 e. The minimum atomic E-state index is -0.194. The Balaban J connectivity index is 0.00000243. The summed E-state index contributed by atoms with van der Waals surface area (Å²) in [7, 11) is 1.82. The number of hydrogen-bond acceptors (Lipinski definition) is 4. The maximum Gasteiger partial charge on any atom is 0.194 e. The van der Waals surface area contributed by atoms with Crippen LogP contribution in [0.5, 0.6) is 0 Å². The second-order valence-electron chi connectivity index (χ2n) is 6.09. The van der Waals surface area contributed by atoms with E-state index in [4.69, 9.17) is 0 Å². The Morgan fingerprint density at radius 1 is 1.19 bits per heavy atom. The van der Waals surface area contributed by atoms with Gasteiger partial charge < -0.3 is 15.1 Å². The molecule has 0 radical (unpaired) electrons. The number of anilines is 1. The average Bonchev–Trinajstić information content (AvgIpc) is 2.94. The molecule has 1 aromatic heterocycles. The monoisotopic (exact) mass is 489 g/mol. The van der Waals surface area contributed by atoms with Crippen LogP contribution in [-0.4, -0.2) is 49.1 Å². The molecule has 0 amide bonds. The van der Waals surface area contributed by atoms with Gasteiger partial charge in [-0.15, -0.1) is 35.3 Å². The van der Waals surface area contributed by atoms with Crippen LogP contribution in [0, 0.1) is 19.7 Å². The first-order valence-electron chi connectivity index (χ1n) is 8.46. The van der Waals surface area contributed by atoms with Gasteiger partial charge in [-0.3, -0.25) is 4.99 Å². The van der Waals surface area contributed by atoms with E-state index >= 15 is 0 Å². The van der Waals surface area contributed by atoms with E-state index in [0.29, 0.717) is 0 Å². The zero-order valence-electron chi connectivity index (χ0n) is 15.3. The lowest BCUT2D eigenvalue weighted by Crippen LogP contribution is -2.52. The quantitative estimate of drug-likeness (QED) is 0.408. The number of hydrogen-bond donors (Lipinski definition) is 1. The van der Waals surface area contributed by atoms with E-state index in [1.54, 1.807) is 11.3 Å². The lowest BCUT2D eigenvalue weighted by Gasteiger charge is -2.37. The molecule has 0 unspecified atom stereocenters. The van der Waals surface area contributed by atoms with Crippen molar-refractivity contribution in [3.8, 4) is 0 Å². The van der Waals surface area contributed by atoms with E-state index in [-0.39, 0.29) is 29.8 Å². The molecule has 2 heterocycles. The second kappa shape index (κ2) is 9.50. The third kappa shape index (κ3) is 5.06. The van der Waals surface area contributed by atoms with Gasteiger partial charge >= 0.3 is 0 Å². The van der Waals surface area contributed by atoms with Crippen LogP contribution < -0.4 is 10.2 Å². The SMILES string of the molecule is CN=C(NCc1sc(C)nc1C)N1CCN(c2ccc(F)cc2)CC1.I. The molecule has 0 aliphatic carbocycles.